The molecule has 0 bridgehead atoms. The summed E-state index contributed by atoms with van der Waals surface area (Å²) >= 11 is 0. The van der Waals surface area contributed by atoms with Gasteiger partial charge < -0.3 is 9.09 Å². The molecule has 134 valence electrons. The highest BCUT2D eigenvalue weighted by Crippen LogP contribution is 2.27. The van der Waals surface area contributed by atoms with Gasteiger partial charge in [0.15, 0.2) is 11.6 Å². The summed E-state index contributed by atoms with van der Waals surface area (Å²) in [4.78, 5) is 9.13. The van der Waals surface area contributed by atoms with Crippen molar-refractivity contribution in [2.24, 2.45) is 0 Å². The van der Waals surface area contributed by atoms with E-state index in [1.54, 1.807) is 4.68 Å². The van der Waals surface area contributed by atoms with E-state index in [0.29, 0.717) is 18.3 Å². The Morgan fingerprint density at radius 3 is 2.62 bits per heavy atom. The maximum Gasteiger partial charge on any atom is 0.229 e. The Morgan fingerprint density at radius 1 is 1.08 bits per heavy atom. The molecule has 0 fully saturated rings. The van der Waals surface area contributed by atoms with E-state index in [1.807, 2.05) is 38.2 Å². The van der Waals surface area contributed by atoms with Gasteiger partial charge >= 0.3 is 0 Å². The van der Waals surface area contributed by atoms with Crippen molar-refractivity contribution in [1.82, 2.24) is 34.7 Å². The lowest BCUT2D eigenvalue weighted by Gasteiger charge is -2.11. The zero-order valence-electron chi connectivity index (χ0n) is 15.3. The molecule has 3 heterocycles. The van der Waals surface area contributed by atoms with Crippen molar-refractivity contribution < 1.29 is 4.52 Å². The van der Waals surface area contributed by atoms with Crippen LogP contribution < -0.4 is 0 Å². The Morgan fingerprint density at radius 2 is 1.88 bits per heavy atom. The summed E-state index contributed by atoms with van der Waals surface area (Å²) in [5.41, 5.74) is 2.76. The lowest BCUT2D eigenvalue weighted by Crippen LogP contribution is -2.03. The topological polar surface area (TPSA) is 87.5 Å². The highest BCUT2D eigenvalue weighted by atomic mass is 16.5. The number of benzene rings is 1. The van der Waals surface area contributed by atoms with Gasteiger partial charge in [0.2, 0.25) is 5.89 Å². The fourth-order valence-electron chi connectivity index (χ4n) is 2.94. The van der Waals surface area contributed by atoms with Gasteiger partial charge in [0.25, 0.3) is 0 Å². The highest BCUT2D eigenvalue weighted by Gasteiger charge is 2.18. The molecule has 1 aromatic carbocycles. The second kappa shape index (κ2) is 6.36. The summed E-state index contributed by atoms with van der Waals surface area (Å²) in [6.07, 6.45) is 1.87. The Labute approximate surface area is 150 Å². The van der Waals surface area contributed by atoms with Crippen molar-refractivity contribution >= 4 is 11.0 Å². The maximum atomic E-state index is 5.24. The van der Waals surface area contributed by atoms with Crippen LogP contribution in [0.25, 0.3) is 22.6 Å². The molecule has 0 aliphatic heterocycles. The third-order valence-corrected chi connectivity index (χ3v) is 4.16. The Bertz CT molecular complexity index is 1040. The van der Waals surface area contributed by atoms with Crippen LogP contribution in [0.2, 0.25) is 0 Å². The Hall–Kier alpha value is -3.03. The molecule has 0 aliphatic carbocycles. The average Bonchev–Trinajstić information content (AvgIpc) is 3.32. The van der Waals surface area contributed by atoms with E-state index in [0.717, 1.165) is 22.6 Å². The van der Waals surface area contributed by atoms with E-state index in [9.17, 15) is 0 Å². The minimum Gasteiger partial charge on any atom is -0.339 e. The van der Waals surface area contributed by atoms with Crippen molar-refractivity contribution in [3.63, 3.8) is 0 Å². The van der Waals surface area contributed by atoms with Gasteiger partial charge in [-0.2, -0.15) is 4.98 Å². The fraction of sp³-hybridized carbons (Fsp3) is 0.389. The summed E-state index contributed by atoms with van der Waals surface area (Å²) in [6, 6.07) is 8.35. The quantitative estimate of drug-likeness (QED) is 0.547. The standard InChI is InChI=1S/C18H21N7O/c1-11(2)18-20-16(22-26-18)10-24-9-14(21-23-24)17-19-13-7-5-6-8-15(13)25(17)12(3)4/h5-9,11-12H,10H2,1-4H3. The van der Waals surface area contributed by atoms with Crippen molar-refractivity contribution in [2.45, 2.75) is 46.2 Å². The highest BCUT2D eigenvalue weighted by molar-refractivity contribution is 5.80. The molecule has 8 heteroatoms. The van der Waals surface area contributed by atoms with Crippen LogP contribution in [0.1, 0.15) is 51.4 Å². The molecule has 0 saturated carbocycles. The first kappa shape index (κ1) is 16.4. The predicted molar refractivity (Wildman–Crippen MR) is 96.6 cm³/mol. The third-order valence-electron chi connectivity index (χ3n) is 4.16. The van der Waals surface area contributed by atoms with Crippen LogP contribution in [0.4, 0.5) is 0 Å². The number of para-hydroxylation sites is 2. The zero-order chi connectivity index (χ0) is 18.3. The van der Waals surface area contributed by atoms with Crippen LogP contribution in [0.3, 0.4) is 0 Å². The van der Waals surface area contributed by atoms with Crippen LogP contribution >= 0.6 is 0 Å². The molecule has 3 aromatic heterocycles. The summed E-state index contributed by atoms with van der Waals surface area (Å²) in [6.45, 7) is 8.71. The Balaban J connectivity index is 1.67. The molecule has 0 N–H and O–H groups in total. The van der Waals surface area contributed by atoms with Crippen LogP contribution in [-0.2, 0) is 6.54 Å². The molecule has 4 rings (SSSR count). The first-order valence-electron chi connectivity index (χ1n) is 8.73. The molecule has 26 heavy (non-hydrogen) atoms. The predicted octanol–water partition coefficient (Wildman–Crippen LogP) is 3.43. The monoisotopic (exact) mass is 351 g/mol. The van der Waals surface area contributed by atoms with Crippen LogP contribution in [0.5, 0.6) is 0 Å². The second-order valence-corrected chi connectivity index (χ2v) is 6.89. The number of hydrogen-bond donors (Lipinski definition) is 0. The average molecular weight is 351 g/mol. The molecule has 0 radical (unpaired) electrons. The lowest BCUT2D eigenvalue weighted by atomic mass is 10.2. The van der Waals surface area contributed by atoms with E-state index < -0.39 is 0 Å². The maximum absolute atomic E-state index is 5.24. The second-order valence-electron chi connectivity index (χ2n) is 6.89. The van der Waals surface area contributed by atoms with Gasteiger partial charge in [0.05, 0.1) is 17.2 Å². The van der Waals surface area contributed by atoms with E-state index in [4.69, 9.17) is 9.51 Å². The number of rotatable bonds is 5. The number of imidazole rings is 1. The zero-order valence-corrected chi connectivity index (χ0v) is 15.3. The van der Waals surface area contributed by atoms with Gasteiger partial charge in [-0.1, -0.05) is 36.4 Å². The molecular formula is C18H21N7O. The van der Waals surface area contributed by atoms with E-state index in [2.05, 4.69) is 44.9 Å². The van der Waals surface area contributed by atoms with E-state index in [1.165, 1.54) is 0 Å². The number of aromatic nitrogens is 7. The molecule has 0 atom stereocenters. The number of fused-ring (bicyclic) bond motifs is 1. The summed E-state index contributed by atoms with van der Waals surface area (Å²) in [5.74, 6) is 2.22. The van der Waals surface area contributed by atoms with Gasteiger partial charge in [-0.25, -0.2) is 9.67 Å². The van der Waals surface area contributed by atoms with Crippen molar-refractivity contribution in [2.75, 3.05) is 0 Å². The van der Waals surface area contributed by atoms with Gasteiger partial charge in [0, 0.05) is 12.0 Å². The van der Waals surface area contributed by atoms with Crippen molar-refractivity contribution in [3.8, 4) is 11.5 Å². The summed E-state index contributed by atoms with van der Waals surface area (Å²) in [7, 11) is 0. The normalized spacial score (nSPS) is 11.9. The lowest BCUT2D eigenvalue weighted by molar-refractivity contribution is 0.359. The van der Waals surface area contributed by atoms with Crippen molar-refractivity contribution in [3.05, 3.63) is 42.2 Å². The SMILES string of the molecule is CC(C)c1nc(Cn2cc(-c3nc4ccccc4n3C(C)C)nn2)no1. The van der Waals surface area contributed by atoms with Crippen LogP contribution in [-0.4, -0.2) is 34.7 Å². The van der Waals surface area contributed by atoms with Crippen LogP contribution in [0, 0.1) is 0 Å². The molecule has 0 unspecified atom stereocenters. The first-order chi connectivity index (χ1) is 12.5. The Kier molecular flexibility index (Phi) is 4.02. The third kappa shape index (κ3) is 2.87. The molecule has 0 aliphatic rings. The van der Waals surface area contributed by atoms with E-state index in [-0.39, 0.29) is 12.0 Å². The largest absolute Gasteiger partial charge is 0.339 e. The fourth-order valence-corrected chi connectivity index (χ4v) is 2.94. The minimum atomic E-state index is 0.202. The van der Waals surface area contributed by atoms with Crippen LogP contribution in [0.15, 0.2) is 35.0 Å². The van der Waals surface area contributed by atoms with E-state index >= 15 is 0 Å². The van der Waals surface area contributed by atoms with Gasteiger partial charge in [-0.3, -0.25) is 0 Å². The molecule has 0 saturated heterocycles. The molecular weight excluding hydrogens is 330 g/mol. The molecule has 0 amide bonds. The van der Waals surface area contributed by atoms with Gasteiger partial charge in [-0.05, 0) is 26.0 Å². The van der Waals surface area contributed by atoms with Gasteiger partial charge in [-0.15, -0.1) is 5.10 Å². The smallest absolute Gasteiger partial charge is 0.229 e. The molecule has 4 aromatic rings. The molecule has 0 spiro atoms. The van der Waals surface area contributed by atoms with Crippen molar-refractivity contribution in [1.29, 1.82) is 0 Å². The number of hydrogen-bond acceptors (Lipinski definition) is 6. The molecule has 8 nitrogen and oxygen atoms in total. The minimum absolute atomic E-state index is 0.202. The van der Waals surface area contributed by atoms with Gasteiger partial charge in [0.1, 0.15) is 12.2 Å². The summed E-state index contributed by atoms with van der Waals surface area (Å²) < 4.78 is 9.12. The number of nitrogens with zero attached hydrogens (tertiary/aromatic N) is 7. The first-order valence-corrected chi connectivity index (χ1v) is 8.73. The summed E-state index contributed by atoms with van der Waals surface area (Å²) in [5, 5.41) is 12.5.